The van der Waals surface area contributed by atoms with Gasteiger partial charge in [0.1, 0.15) is 5.82 Å². The van der Waals surface area contributed by atoms with Gasteiger partial charge in [0.2, 0.25) is 0 Å². The van der Waals surface area contributed by atoms with Crippen LogP contribution in [-0.2, 0) is 0 Å². The summed E-state index contributed by atoms with van der Waals surface area (Å²) in [5, 5.41) is 10.8. The van der Waals surface area contributed by atoms with E-state index in [9.17, 15) is 10.1 Å². The number of nitro benzene ring substituents is 1. The number of fused-ring (bicyclic) bond motifs is 1. The second-order valence-electron chi connectivity index (χ2n) is 5.35. The zero-order valence-corrected chi connectivity index (χ0v) is 11.6. The first-order chi connectivity index (χ1) is 10.2. The van der Waals surface area contributed by atoms with Crippen molar-refractivity contribution in [3.05, 3.63) is 34.5 Å². The van der Waals surface area contributed by atoms with Gasteiger partial charge in [-0.05, 0) is 31.4 Å². The van der Waals surface area contributed by atoms with Gasteiger partial charge in [-0.25, -0.2) is 4.98 Å². The number of anilines is 1. The molecule has 1 atom stereocenters. The maximum atomic E-state index is 10.8. The number of hydrogen-bond acceptors (Lipinski definition) is 6. The van der Waals surface area contributed by atoms with Gasteiger partial charge in [-0.1, -0.05) is 0 Å². The molecule has 0 amide bonds. The number of aromatic nitrogens is 2. The molecule has 0 unspecified atom stereocenters. The molecule has 0 radical (unpaired) electrons. The summed E-state index contributed by atoms with van der Waals surface area (Å²) in [4.78, 5) is 21.4. The van der Waals surface area contributed by atoms with E-state index in [1.54, 1.807) is 12.3 Å². The van der Waals surface area contributed by atoms with E-state index < -0.39 is 4.92 Å². The average molecular weight is 287 g/mol. The lowest BCUT2D eigenvalue weighted by molar-refractivity contribution is -0.384. The first-order valence-electron chi connectivity index (χ1n) is 7.03. The van der Waals surface area contributed by atoms with Crippen molar-refractivity contribution in [2.45, 2.75) is 12.8 Å². The molecule has 2 heterocycles. The number of piperidine rings is 1. The molecule has 1 aromatic carbocycles. The van der Waals surface area contributed by atoms with Crippen LogP contribution in [0, 0.1) is 16.0 Å². The van der Waals surface area contributed by atoms with E-state index in [4.69, 9.17) is 5.73 Å². The minimum Gasteiger partial charge on any atom is -0.355 e. The molecule has 1 aliphatic heterocycles. The maximum Gasteiger partial charge on any atom is 0.271 e. The highest BCUT2D eigenvalue weighted by atomic mass is 16.6. The first kappa shape index (κ1) is 13.7. The van der Waals surface area contributed by atoms with Crippen LogP contribution in [0.1, 0.15) is 12.8 Å². The zero-order chi connectivity index (χ0) is 14.8. The summed E-state index contributed by atoms with van der Waals surface area (Å²) >= 11 is 0. The van der Waals surface area contributed by atoms with Crippen LogP contribution in [0.3, 0.4) is 0 Å². The average Bonchev–Trinajstić information content (AvgIpc) is 2.53. The molecule has 3 rings (SSSR count). The van der Waals surface area contributed by atoms with Crippen LogP contribution in [0.4, 0.5) is 11.5 Å². The summed E-state index contributed by atoms with van der Waals surface area (Å²) in [6.07, 6.45) is 3.94. The number of benzene rings is 1. The molecule has 0 aliphatic carbocycles. The minimum atomic E-state index is -0.425. The Bertz CT molecular complexity index is 675. The van der Waals surface area contributed by atoms with Crippen molar-refractivity contribution in [3.8, 4) is 0 Å². The summed E-state index contributed by atoms with van der Waals surface area (Å²) in [5.41, 5.74) is 7.00. The fourth-order valence-corrected chi connectivity index (χ4v) is 2.72. The Labute approximate surface area is 121 Å². The van der Waals surface area contributed by atoms with Crippen LogP contribution in [0.2, 0.25) is 0 Å². The van der Waals surface area contributed by atoms with E-state index in [-0.39, 0.29) is 5.69 Å². The molecule has 2 aromatic rings. The number of rotatable bonds is 3. The Morgan fingerprint density at radius 2 is 2.29 bits per heavy atom. The smallest absolute Gasteiger partial charge is 0.271 e. The molecule has 110 valence electrons. The van der Waals surface area contributed by atoms with Crippen molar-refractivity contribution < 1.29 is 4.92 Å². The number of non-ortho nitro benzene ring substituents is 1. The van der Waals surface area contributed by atoms with E-state index in [2.05, 4.69) is 14.9 Å². The van der Waals surface area contributed by atoms with Crippen molar-refractivity contribution in [1.29, 1.82) is 0 Å². The van der Waals surface area contributed by atoms with Gasteiger partial charge in [-0.2, -0.15) is 0 Å². The second-order valence-corrected chi connectivity index (χ2v) is 5.35. The van der Waals surface area contributed by atoms with Gasteiger partial charge in [-0.15, -0.1) is 0 Å². The topological polar surface area (TPSA) is 98.2 Å². The Morgan fingerprint density at radius 1 is 1.43 bits per heavy atom. The Hall–Kier alpha value is -2.28. The monoisotopic (exact) mass is 287 g/mol. The van der Waals surface area contributed by atoms with Gasteiger partial charge in [0.15, 0.2) is 0 Å². The maximum absolute atomic E-state index is 10.8. The molecule has 7 heteroatoms. The highest BCUT2D eigenvalue weighted by Crippen LogP contribution is 2.24. The lowest BCUT2D eigenvalue weighted by atomic mass is 9.98. The lowest BCUT2D eigenvalue weighted by Gasteiger charge is -2.32. The molecule has 0 bridgehead atoms. The van der Waals surface area contributed by atoms with Crippen LogP contribution >= 0.6 is 0 Å². The van der Waals surface area contributed by atoms with Crippen molar-refractivity contribution in [3.63, 3.8) is 0 Å². The fraction of sp³-hybridized carbons (Fsp3) is 0.429. The predicted molar refractivity (Wildman–Crippen MR) is 80.2 cm³/mol. The summed E-state index contributed by atoms with van der Waals surface area (Å²) in [5.74, 6) is 1.31. The minimum absolute atomic E-state index is 0.0331. The van der Waals surface area contributed by atoms with Crippen LogP contribution in [-0.4, -0.2) is 34.5 Å². The largest absolute Gasteiger partial charge is 0.355 e. The summed E-state index contributed by atoms with van der Waals surface area (Å²) in [6.45, 7) is 2.52. The normalized spacial score (nSPS) is 18.9. The molecule has 1 saturated heterocycles. The van der Waals surface area contributed by atoms with Gasteiger partial charge in [0.05, 0.1) is 22.2 Å². The van der Waals surface area contributed by atoms with Gasteiger partial charge in [0.25, 0.3) is 5.69 Å². The van der Waals surface area contributed by atoms with Gasteiger partial charge >= 0.3 is 0 Å². The highest BCUT2D eigenvalue weighted by molar-refractivity contribution is 5.78. The van der Waals surface area contributed by atoms with Gasteiger partial charge in [-0.3, -0.25) is 15.1 Å². The van der Waals surface area contributed by atoms with Crippen LogP contribution in [0.25, 0.3) is 11.0 Å². The van der Waals surface area contributed by atoms with Crippen LogP contribution in [0.15, 0.2) is 24.4 Å². The SMILES string of the molecule is NC[C@H]1CCCN(c2cnc3cc([N+](=O)[O-])ccc3n2)C1. The van der Waals surface area contributed by atoms with E-state index >= 15 is 0 Å². The Kier molecular flexibility index (Phi) is 3.66. The van der Waals surface area contributed by atoms with Crippen molar-refractivity contribution in [2.24, 2.45) is 11.7 Å². The number of nitrogens with two attached hydrogens (primary N) is 1. The molecule has 1 fully saturated rings. The zero-order valence-electron chi connectivity index (χ0n) is 11.6. The third-order valence-corrected chi connectivity index (χ3v) is 3.90. The predicted octanol–water partition coefficient (Wildman–Crippen LogP) is 1.71. The van der Waals surface area contributed by atoms with E-state index in [0.29, 0.717) is 23.5 Å². The van der Waals surface area contributed by atoms with Gasteiger partial charge < -0.3 is 10.6 Å². The third-order valence-electron chi connectivity index (χ3n) is 3.90. The number of nitrogens with zero attached hydrogens (tertiary/aromatic N) is 4. The van der Waals surface area contributed by atoms with E-state index in [0.717, 1.165) is 31.7 Å². The highest BCUT2D eigenvalue weighted by Gasteiger charge is 2.20. The molecular formula is C14H17N5O2. The van der Waals surface area contributed by atoms with Crippen molar-refractivity contribution >= 4 is 22.5 Å². The standard InChI is InChI=1S/C14H17N5O2/c15-7-10-2-1-5-18(9-10)14-8-16-13-6-11(19(20)21)3-4-12(13)17-14/h3-4,6,8,10H,1-2,5,7,9,15H2/t10-/m1/s1. The van der Waals surface area contributed by atoms with Crippen molar-refractivity contribution in [1.82, 2.24) is 9.97 Å². The molecule has 2 N–H and O–H groups in total. The summed E-state index contributed by atoms with van der Waals surface area (Å²) < 4.78 is 0. The van der Waals surface area contributed by atoms with Crippen LogP contribution in [0.5, 0.6) is 0 Å². The van der Waals surface area contributed by atoms with E-state index in [1.165, 1.54) is 12.1 Å². The molecule has 0 spiro atoms. The number of nitro groups is 1. The fourth-order valence-electron chi connectivity index (χ4n) is 2.72. The third kappa shape index (κ3) is 2.78. The summed E-state index contributed by atoms with van der Waals surface area (Å²) in [7, 11) is 0. The number of hydrogen-bond donors (Lipinski definition) is 1. The second kappa shape index (κ2) is 5.61. The van der Waals surface area contributed by atoms with Crippen LogP contribution < -0.4 is 10.6 Å². The molecule has 1 aliphatic rings. The molecular weight excluding hydrogens is 270 g/mol. The van der Waals surface area contributed by atoms with Crippen molar-refractivity contribution in [2.75, 3.05) is 24.5 Å². The van der Waals surface area contributed by atoms with Gasteiger partial charge in [0, 0.05) is 25.2 Å². The molecule has 7 nitrogen and oxygen atoms in total. The quantitative estimate of drug-likeness (QED) is 0.681. The Morgan fingerprint density at radius 3 is 3.05 bits per heavy atom. The first-order valence-corrected chi connectivity index (χ1v) is 7.03. The molecule has 21 heavy (non-hydrogen) atoms. The Balaban J connectivity index is 1.90. The lowest BCUT2D eigenvalue weighted by Crippen LogP contribution is -2.38. The molecule has 0 saturated carbocycles. The van der Waals surface area contributed by atoms with E-state index in [1.807, 2.05) is 0 Å². The summed E-state index contributed by atoms with van der Waals surface area (Å²) in [6, 6.07) is 4.55. The molecule has 1 aromatic heterocycles.